The average Bonchev–Trinajstić information content (AvgIpc) is 3.56. The molecular formula is C28H22N8. The summed E-state index contributed by atoms with van der Waals surface area (Å²) in [5.74, 6) is 0.676. The summed E-state index contributed by atoms with van der Waals surface area (Å²) in [7, 11) is 0. The highest BCUT2D eigenvalue weighted by Gasteiger charge is 2.16. The van der Waals surface area contributed by atoms with Crippen LogP contribution in [0.15, 0.2) is 79.4 Å². The number of aromatic amines is 2. The molecule has 0 fully saturated rings. The van der Waals surface area contributed by atoms with Crippen LogP contribution < -0.4 is 0 Å². The molecule has 0 unspecified atom stereocenters. The van der Waals surface area contributed by atoms with Gasteiger partial charge >= 0.3 is 0 Å². The van der Waals surface area contributed by atoms with Gasteiger partial charge in [-0.15, -0.1) is 0 Å². The van der Waals surface area contributed by atoms with E-state index in [-0.39, 0.29) is 11.4 Å². The van der Waals surface area contributed by atoms with Crippen LogP contribution in [0.4, 0.5) is 0 Å². The van der Waals surface area contributed by atoms with Crippen LogP contribution in [-0.2, 0) is 0 Å². The van der Waals surface area contributed by atoms with Crippen LogP contribution in [0.3, 0.4) is 0 Å². The SMILES string of the molecule is CCC(=N)C(=N)c1cncc(-c2ccc3[nH]nc(-c4nc5c(-c6cccnc6)cccc5[nH]4)c3c2)c1. The Hall–Kier alpha value is -4.98. The van der Waals surface area contributed by atoms with Crippen molar-refractivity contribution in [3.63, 3.8) is 0 Å². The van der Waals surface area contributed by atoms with E-state index in [1.165, 1.54) is 0 Å². The Morgan fingerprint density at radius 1 is 0.861 bits per heavy atom. The highest BCUT2D eigenvalue weighted by atomic mass is 15.1. The molecule has 0 aliphatic carbocycles. The lowest BCUT2D eigenvalue weighted by Crippen LogP contribution is -2.12. The third-order valence-corrected chi connectivity index (χ3v) is 6.29. The molecule has 174 valence electrons. The summed E-state index contributed by atoms with van der Waals surface area (Å²) < 4.78 is 0. The van der Waals surface area contributed by atoms with Crippen molar-refractivity contribution < 1.29 is 0 Å². The molecule has 4 heterocycles. The van der Waals surface area contributed by atoms with Gasteiger partial charge in [-0.25, -0.2) is 4.98 Å². The minimum atomic E-state index is 0.198. The predicted octanol–water partition coefficient (Wildman–Crippen LogP) is 6.03. The quantitative estimate of drug-likeness (QED) is 0.221. The lowest BCUT2D eigenvalue weighted by Gasteiger charge is -2.07. The van der Waals surface area contributed by atoms with Crippen molar-refractivity contribution >= 4 is 33.4 Å². The molecule has 36 heavy (non-hydrogen) atoms. The van der Waals surface area contributed by atoms with Gasteiger partial charge in [0.1, 0.15) is 5.69 Å². The Balaban J connectivity index is 1.44. The van der Waals surface area contributed by atoms with E-state index < -0.39 is 0 Å². The highest BCUT2D eigenvalue weighted by molar-refractivity contribution is 6.46. The second-order valence-electron chi connectivity index (χ2n) is 8.53. The van der Waals surface area contributed by atoms with Gasteiger partial charge in [0, 0.05) is 52.4 Å². The van der Waals surface area contributed by atoms with Crippen molar-refractivity contribution in [1.29, 1.82) is 10.8 Å². The standard InChI is InChI=1S/C28H22N8/c1-2-22(29)25(30)19-11-18(14-32-15-19)16-8-9-23-21(12-16)27(36-35-23)28-33-24-7-3-6-20(26(24)34-28)17-5-4-10-31-13-17/h3-15,29-30H,2H2,1H3,(H,33,34)(H,35,36). The normalized spacial score (nSPS) is 11.2. The van der Waals surface area contributed by atoms with E-state index in [9.17, 15) is 0 Å². The largest absolute Gasteiger partial charge is 0.337 e. The average molecular weight is 471 g/mol. The predicted molar refractivity (Wildman–Crippen MR) is 142 cm³/mol. The summed E-state index contributed by atoms with van der Waals surface area (Å²) in [6, 6.07) is 17.9. The first-order valence-corrected chi connectivity index (χ1v) is 11.6. The molecule has 6 aromatic rings. The second kappa shape index (κ2) is 8.66. The fourth-order valence-corrected chi connectivity index (χ4v) is 4.36. The molecule has 0 amide bonds. The molecule has 0 spiro atoms. The number of pyridine rings is 2. The molecule has 0 saturated carbocycles. The van der Waals surface area contributed by atoms with Crippen LogP contribution in [0.25, 0.3) is 55.7 Å². The van der Waals surface area contributed by atoms with Gasteiger partial charge in [-0.05, 0) is 42.3 Å². The maximum Gasteiger partial charge on any atom is 0.159 e. The molecule has 0 saturated heterocycles. The van der Waals surface area contributed by atoms with Gasteiger partial charge in [-0.2, -0.15) is 5.10 Å². The molecular weight excluding hydrogens is 448 g/mol. The fraction of sp³-hybridized carbons (Fsp3) is 0.0714. The van der Waals surface area contributed by atoms with Gasteiger partial charge in [-0.3, -0.25) is 20.5 Å². The number of nitrogens with zero attached hydrogens (tertiary/aromatic N) is 4. The molecule has 0 bridgehead atoms. The van der Waals surface area contributed by atoms with Crippen LogP contribution in [0, 0.1) is 10.8 Å². The summed E-state index contributed by atoms with van der Waals surface area (Å²) in [5, 5.41) is 24.9. The molecule has 2 aromatic carbocycles. The third kappa shape index (κ3) is 3.65. The minimum Gasteiger partial charge on any atom is -0.337 e. The maximum absolute atomic E-state index is 8.28. The first-order chi connectivity index (χ1) is 17.6. The van der Waals surface area contributed by atoms with Gasteiger partial charge in [-0.1, -0.05) is 31.2 Å². The smallest absolute Gasteiger partial charge is 0.159 e. The monoisotopic (exact) mass is 470 g/mol. The molecule has 8 heteroatoms. The summed E-state index contributed by atoms with van der Waals surface area (Å²) in [5.41, 5.74) is 8.36. The first kappa shape index (κ1) is 21.5. The number of nitrogens with one attached hydrogen (secondary N) is 4. The molecule has 4 aromatic heterocycles. The van der Waals surface area contributed by atoms with Crippen molar-refractivity contribution in [2.45, 2.75) is 13.3 Å². The molecule has 6 rings (SSSR count). The number of benzene rings is 2. The Labute approximate surface area is 206 Å². The highest BCUT2D eigenvalue weighted by Crippen LogP contribution is 2.33. The summed E-state index contributed by atoms with van der Waals surface area (Å²) >= 11 is 0. The Morgan fingerprint density at radius 2 is 1.75 bits per heavy atom. The summed E-state index contributed by atoms with van der Waals surface area (Å²) in [6.45, 7) is 1.88. The van der Waals surface area contributed by atoms with E-state index in [4.69, 9.17) is 15.8 Å². The number of fused-ring (bicyclic) bond motifs is 2. The molecule has 0 aliphatic rings. The molecule has 0 aliphatic heterocycles. The van der Waals surface area contributed by atoms with Crippen LogP contribution in [0.2, 0.25) is 0 Å². The van der Waals surface area contributed by atoms with Gasteiger partial charge in [0.2, 0.25) is 0 Å². The Morgan fingerprint density at radius 3 is 2.58 bits per heavy atom. The number of imidazole rings is 1. The number of hydrogen-bond acceptors (Lipinski definition) is 6. The van der Waals surface area contributed by atoms with E-state index in [2.05, 4.69) is 31.2 Å². The zero-order chi connectivity index (χ0) is 24.6. The number of para-hydroxylation sites is 1. The maximum atomic E-state index is 8.28. The minimum absolute atomic E-state index is 0.198. The molecule has 0 atom stereocenters. The van der Waals surface area contributed by atoms with E-state index in [1.807, 2.05) is 61.7 Å². The van der Waals surface area contributed by atoms with Crippen molar-refractivity contribution in [2.24, 2.45) is 0 Å². The first-order valence-electron chi connectivity index (χ1n) is 11.6. The lowest BCUT2D eigenvalue weighted by molar-refractivity contribution is 1.11. The fourth-order valence-electron chi connectivity index (χ4n) is 4.36. The molecule has 4 N–H and O–H groups in total. The zero-order valence-electron chi connectivity index (χ0n) is 19.5. The van der Waals surface area contributed by atoms with Crippen molar-refractivity contribution in [2.75, 3.05) is 0 Å². The van der Waals surface area contributed by atoms with E-state index in [1.54, 1.807) is 18.6 Å². The lowest BCUT2D eigenvalue weighted by atomic mass is 10.00. The number of rotatable bonds is 6. The van der Waals surface area contributed by atoms with Crippen molar-refractivity contribution in [3.8, 4) is 33.8 Å². The van der Waals surface area contributed by atoms with Gasteiger partial charge in [0.05, 0.1) is 28.0 Å². The van der Waals surface area contributed by atoms with E-state index >= 15 is 0 Å². The molecule has 0 radical (unpaired) electrons. The summed E-state index contributed by atoms with van der Waals surface area (Å²) in [6.07, 6.45) is 7.51. The van der Waals surface area contributed by atoms with Gasteiger partial charge in [0.25, 0.3) is 0 Å². The number of hydrogen-bond donors (Lipinski definition) is 4. The molecule has 8 nitrogen and oxygen atoms in total. The second-order valence-corrected chi connectivity index (χ2v) is 8.53. The summed E-state index contributed by atoms with van der Waals surface area (Å²) in [4.78, 5) is 16.9. The van der Waals surface area contributed by atoms with Crippen molar-refractivity contribution in [3.05, 3.63) is 84.9 Å². The van der Waals surface area contributed by atoms with Crippen LogP contribution in [0.5, 0.6) is 0 Å². The van der Waals surface area contributed by atoms with E-state index in [0.29, 0.717) is 17.8 Å². The van der Waals surface area contributed by atoms with Crippen LogP contribution in [-0.4, -0.2) is 41.6 Å². The Kier molecular flexibility index (Phi) is 5.19. The Bertz CT molecular complexity index is 1760. The number of H-pyrrole nitrogens is 2. The van der Waals surface area contributed by atoms with Gasteiger partial charge < -0.3 is 10.4 Å². The van der Waals surface area contributed by atoms with Crippen molar-refractivity contribution in [1.82, 2.24) is 30.1 Å². The van der Waals surface area contributed by atoms with Crippen LogP contribution in [0.1, 0.15) is 18.9 Å². The third-order valence-electron chi connectivity index (χ3n) is 6.29. The number of aromatic nitrogens is 6. The zero-order valence-corrected chi connectivity index (χ0v) is 19.5. The van der Waals surface area contributed by atoms with Crippen LogP contribution >= 0.6 is 0 Å². The topological polar surface area (TPSA) is 131 Å². The van der Waals surface area contributed by atoms with Gasteiger partial charge in [0.15, 0.2) is 5.82 Å². The van der Waals surface area contributed by atoms with E-state index in [0.717, 1.165) is 49.9 Å².